The quantitative estimate of drug-likeness (QED) is 0.728. The number of pyridine rings is 1. The highest BCUT2D eigenvalue weighted by Crippen LogP contribution is 2.25. The summed E-state index contributed by atoms with van der Waals surface area (Å²) < 4.78 is 1.51. The molecule has 3 heterocycles. The normalized spacial score (nSPS) is 15.6. The Balaban J connectivity index is 1.78. The van der Waals surface area contributed by atoms with Crippen LogP contribution in [-0.4, -0.2) is 20.5 Å². The number of anilines is 2. The SMILES string of the molecule is Cc1cc(=O)n2c(n1)NC(Nc1ccc(Cl)cc1)=N[C@@H]2c1cccnc1. The van der Waals surface area contributed by atoms with Crippen molar-refractivity contribution in [3.05, 3.63) is 81.5 Å². The lowest BCUT2D eigenvalue weighted by atomic mass is 10.2. The largest absolute Gasteiger partial charge is 0.326 e. The van der Waals surface area contributed by atoms with Crippen molar-refractivity contribution >= 4 is 29.2 Å². The van der Waals surface area contributed by atoms with Gasteiger partial charge in [-0.05, 0) is 37.3 Å². The molecule has 0 unspecified atom stereocenters. The van der Waals surface area contributed by atoms with Crippen molar-refractivity contribution in [3.8, 4) is 0 Å². The number of aliphatic imine (C=N–C) groups is 1. The molecule has 0 saturated carbocycles. The summed E-state index contributed by atoms with van der Waals surface area (Å²) in [5.41, 5.74) is 2.06. The van der Waals surface area contributed by atoms with Gasteiger partial charge in [-0.3, -0.25) is 19.7 Å². The average Bonchev–Trinajstić information content (AvgIpc) is 2.63. The molecule has 0 radical (unpaired) electrons. The van der Waals surface area contributed by atoms with E-state index in [2.05, 4.69) is 25.6 Å². The number of guanidine groups is 1. The van der Waals surface area contributed by atoms with E-state index in [1.807, 2.05) is 24.3 Å². The van der Waals surface area contributed by atoms with Gasteiger partial charge in [0.15, 0.2) is 6.17 Å². The Hall–Kier alpha value is -3.19. The smallest absolute Gasteiger partial charge is 0.257 e. The number of nitrogens with one attached hydrogen (secondary N) is 2. The van der Waals surface area contributed by atoms with E-state index in [9.17, 15) is 4.79 Å². The molecule has 7 nitrogen and oxygen atoms in total. The van der Waals surface area contributed by atoms with Crippen molar-refractivity contribution < 1.29 is 0 Å². The zero-order valence-electron chi connectivity index (χ0n) is 13.8. The third-order valence-corrected chi connectivity index (χ3v) is 4.15. The van der Waals surface area contributed by atoms with Crippen LogP contribution in [0.15, 0.2) is 64.6 Å². The number of fused-ring (bicyclic) bond motifs is 1. The van der Waals surface area contributed by atoms with E-state index in [-0.39, 0.29) is 5.56 Å². The summed E-state index contributed by atoms with van der Waals surface area (Å²) in [6.45, 7) is 1.78. The van der Waals surface area contributed by atoms with Crippen LogP contribution in [0.5, 0.6) is 0 Å². The van der Waals surface area contributed by atoms with Crippen molar-refractivity contribution in [3.63, 3.8) is 0 Å². The Morgan fingerprint density at radius 1 is 1.23 bits per heavy atom. The number of nitrogens with zero attached hydrogens (tertiary/aromatic N) is 4. The van der Waals surface area contributed by atoms with Gasteiger partial charge in [0, 0.05) is 40.4 Å². The van der Waals surface area contributed by atoms with Gasteiger partial charge in [0.25, 0.3) is 5.56 Å². The summed E-state index contributed by atoms with van der Waals surface area (Å²) >= 11 is 5.93. The highest BCUT2D eigenvalue weighted by molar-refractivity contribution is 6.30. The molecule has 8 heteroatoms. The van der Waals surface area contributed by atoms with E-state index >= 15 is 0 Å². The highest BCUT2D eigenvalue weighted by atomic mass is 35.5. The summed E-state index contributed by atoms with van der Waals surface area (Å²) in [4.78, 5) is 25.8. The first-order valence-electron chi connectivity index (χ1n) is 7.98. The minimum atomic E-state index is -0.560. The maximum atomic E-state index is 12.5. The summed E-state index contributed by atoms with van der Waals surface area (Å²) in [6.07, 6.45) is 2.81. The predicted octanol–water partition coefficient (Wildman–Crippen LogP) is 3.04. The minimum absolute atomic E-state index is 0.178. The van der Waals surface area contributed by atoms with Crippen LogP contribution >= 0.6 is 11.6 Å². The number of hydrogen-bond acceptors (Lipinski definition) is 6. The van der Waals surface area contributed by atoms with Crippen LogP contribution in [0, 0.1) is 6.92 Å². The van der Waals surface area contributed by atoms with Gasteiger partial charge in [0.2, 0.25) is 11.9 Å². The fourth-order valence-electron chi connectivity index (χ4n) is 2.73. The van der Waals surface area contributed by atoms with Crippen molar-refractivity contribution in [1.82, 2.24) is 14.5 Å². The van der Waals surface area contributed by atoms with Crippen LogP contribution in [0.2, 0.25) is 5.02 Å². The van der Waals surface area contributed by atoms with Crippen molar-refractivity contribution in [2.75, 3.05) is 10.6 Å². The molecule has 0 fully saturated rings. The fourth-order valence-corrected chi connectivity index (χ4v) is 2.86. The number of benzene rings is 1. The summed E-state index contributed by atoms with van der Waals surface area (Å²) in [6, 6.07) is 12.4. The molecule has 26 heavy (non-hydrogen) atoms. The second kappa shape index (κ2) is 6.61. The lowest BCUT2D eigenvalue weighted by Gasteiger charge is -2.26. The van der Waals surface area contributed by atoms with Crippen molar-refractivity contribution in [2.45, 2.75) is 13.1 Å². The van der Waals surface area contributed by atoms with E-state index < -0.39 is 6.17 Å². The molecular weight excluding hydrogens is 352 g/mol. The zero-order valence-corrected chi connectivity index (χ0v) is 14.6. The third-order valence-electron chi connectivity index (χ3n) is 3.90. The average molecular weight is 367 g/mol. The summed E-state index contributed by atoms with van der Waals surface area (Å²) in [7, 11) is 0. The van der Waals surface area contributed by atoms with Crippen LogP contribution in [0.25, 0.3) is 0 Å². The second-order valence-corrected chi connectivity index (χ2v) is 6.26. The Bertz CT molecular complexity index is 1030. The number of rotatable bonds is 2. The molecule has 2 aromatic heterocycles. The van der Waals surface area contributed by atoms with Gasteiger partial charge < -0.3 is 5.32 Å². The molecule has 130 valence electrons. The van der Waals surface area contributed by atoms with Gasteiger partial charge in [-0.15, -0.1) is 0 Å². The number of aryl methyl sites for hydroxylation is 1. The maximum Gasteiger partial charge on any atom is 0.257 e. The molecule has 0 aliphatic carbocycles. The van der Waals surface area contributed by atoms with Crippen LogP contribution in [0.4, 0.5) is 11.6 Å². The van der Waals surface area contributed by atoms with E-state index in [1.165, 1.54) is 10.6 Å². The maximum absolute atomic E-state index is 12.5. The molecular formula is C18H15ClN6O. The second-order valence-electron chi connectivity index (χ2n) is 5.82. The van der Waals surface area contributed by atoms with Gasteiger partial charge in [0.1, 0.15) is 0 Å². The molecule has 1 aromatic carbocycles. The molecule has 0 spiro atoms. The first-order valence-corrected chi connectivity index (χ1v) is 8.35. The Labute approximate surface area is 154 Å². The first kappa shape index (κ1) is 16.3. The highest BCUT2D eigenvalue weighted by Gasteiger charge is 2.25. The van der Waals surface area contributed by atoms with Crippen molar-refractivity contribution in [2.24, 2.45) is 4.99 Å². The van der Waals surface area contributed by atoms with Crippen molar-refractivity contribution in [1.29, 1.82) is 0 Å². The first-order chi connectivity index (χ1) is 12.6. The Morgan fingerprint density at radius 2 is 2.04 bits per heavy atom. The molecule has 0 saturated heterocycles. The fraction of sp³-hybridized carbons (Fsp3) is 0.111. The third kappa shape index (κ3) is 3.16. The molecule has 1 atom stereocenters. The van der Waals surface area contributed by atoms with Gasteiger partial charge in [-0.25, -0.2) is 9.98 Å². The number of hydrogen-bond donors (Lipinski definition) is 2. The number of halogens is 1. The lowest BCUT2D eigenvalue weighted by Crippen LogP contribution is -2.37. The van der Waals surface area contributed by atoms with Crippen LogP contribution < -0.4 is 16.2 Å². The Kier molecular flexibility index (Phi) is 4.14. The molecule has 0 amide bonds. The lowest BCUT2D eigenvalue weighted by molar-refractivity contribution is 0.575. The van der Waals surface area contributed by atoms with Crippen LogP contribution in [0.3, 0.4) is 0 Å². The van der Waals surface area contributed by atoms with E-state index in [0.717, 1.165) is 11.3 Å². The topological polar surface area (TPSA) is 84.2 Å². The monoisotopic (exact) mass is 366 g/mol. The Morgan fingerprint density at radius 3 is 2.77 bits per heavy atom. The van der Waals surface area contributed by atoms with Gasteiger partial charge >= 0.3 is 0 Å². The molecule has 0 bridgehead atoms. The molecule has 1 aliphatic heterocycles. The van der Waals surface area contributed by atoms with E-state index in [0.29, 0.717) is 22.6 Å². The molecule has 3 aromatic rings. The predicted molar refractivity (Wildman–Crippen MR) is 102 cm³/mol. The van der Waals surface area contributed by atoms with Gasteiger partial charge in [-0.2, -0.15) is 0 Å². The van der Waals surface area contributed by atoms with Gasteiger partial charge in [0.05, 0.1) is 0 Å². The summed E-state index contributed by atoms with van der Waals surface area (Å²) in [5, 5.41) is 6.92. The minimum Gasteiger partial charge on any atom is -0.326 e. The molecule has 4 rings (SSSR count). The van der Waals surface area contributed by atoms with Crippen LogP contribution in [0.1, 0.15) is 17.4 Å². The zero-order chi connectivity index (χ0) is 18.1. The van der Waals surface area contributed by atoms with Crippen LogP contribution in [-0.2, 0) is 0 Å². The summed E-state index contributed by atoms with van der Waals surface area (Å²) in [5.74, 6) is 0.911. The van der Waals surface area contributed by atoms with E-state index in [4.69, 9.17) is 11.6 Å². The van der Waals surface area contributed by atoms with E-state index in [1.54, 1.807) is 31.5 Å². The molecule has 1 aliphatic rings. The standard InChI is InChI=1S/C18H15ClN6O/c1-11-9-15(26)25-16(12-3-2-8-20-10-12)23-17(24-18(25)21-11)22-14-6-4-13(19)5-7-14/h2-10,16H,1H3,(H2,21,22,23,24)/t16-/m0/s1. The van der Waals surface area contributed by atoms with Gasteiger partial charge in [-0.1, -0.05) is 17.7 Å². The number of aromatic nitrogens is 3. The molecule has 2 N–H and O–H groups in total.